The molecule has 0 saturated carbocycles. The number of benzene rings is 2. The van der Waals surface area contributed by atoms with Crippen molar-refractivity contribution in [1.82, 2.24) is 0 Å². The first-order valence-electron chi connectivity index (χ1n) is 8.68. The van der Waals surface area contributed by atoms with E-state index in [0.717, 1.165) is 0 Å². The number of anilines is 2. The second kappa shape index (κ2) is 8.65. The molecule has 0 aromatic heterocycles. The summed E-state index contributed by atoms with van der Waals surface area (Å²) in [5.74, 6) is -1.10. The van der Waals surface area contributed by atoms with Crippen molar-refractivity contribution in [3.8, 4) is 0 Å². The number of hydrogen-bond donors (Lipinski definition) is 2. The summed E-state index contributed by atoms with van der Waals surface area (Å²) < 4.78 is 17.8. The van der Waals surface area contributed by atoms with E-state index in [-0.39, 0.29) is 18.0 Å². The number of amides is 2. The molecule has 2 N–H and O–H groups in total. The Labute approximate surface area is 163 Å². The Hall–Kier alpha value is -3.22. The average molecular weight is 386 g/mol. The van der Waals surface area contributed by atoms with Crippen molar-refractivity contribution >= 4 is 29.2 Å². The summed E-state index contributed by atoms with van der Waals surface area (Å²) in [5.41, 5.74) is 0.898. The lowest BCUT2D eigenvalue weighted by Crippen LogP contribution is -2.28. The van der Waals surface area contributed by atoms with E-state index in [1.54, 1.807) is 45.0 Å². The highest BCUT2D eigenvalue weighted by molar-refractivity contribution is 6.04. The van der Waals surface area contributed by atoms with E-state index in [2.05, 4.69) is 15.4 Å². The minimum Gasteiger partial charge on any atom is -0.469 e. The number of esters is 1. The molecule has 2 rings (SSSR count). The van der Waals surface area contributed by atoms with Crippen LogP contribution in [0.3, 0.4) is 0 Å². The molecule has 2 aromatic rings. The zero-order valence-corrected chi connectivity index (χ0v) is 16.3. The number of hydrogen-bond acceptors (Lipinski definition) is 4. The summed E-state index contributed by atoms with van der Waals surface area (Å²) in [6, 6.07) is 9.96. The van der Waals surface area contributed by atoms with Crippen molar-refractivity contribution < 1.29 is 23.5 Å². The van der Waals surface area contributed by atoms with Gasteiger partial charge in [0.1, 0.15) is 5.82 Å². The van der Waals surface area contributed by atoms with Gasteiger partial charge in [0.25, 0.3) is 0 Å². The molecule has 0 aliphatic carbocycles. The molecule has 0 bridgehead atoms. The summed E-state index contributed by atoms with van der Waals surface area (Å²) >= 11 is 0. The van der Waals surface area contributed by atoms with Crippen molar-refractivity contribution in [1.29, 1.82) is 0 Å². The lowest BCUT2D eigenvalue weighted by Gasteiger charge is -2.22. The number of urea groups is 1. The maximum atomic E-state index is 13.2. The molecule has 0 saturated heterocycles. The van der Waals surface area contributed by atoms with Crippen molar-refractivity contribution in [2.45, 2.75) is 27.2 Å². The van der Waals surface area contributed by atoms with E-state index in [4.69, 9.17) is 0 Å². The second-order valence-corrected chi connectivity index (χ2v) is 7.09. The molecule has 0 heterocycles. The molecule has 0 fully saturated rings. The van der Waals surface area contributed by atoms with Crippen LogP contribution in [0.2, 0.25) is 0 Å². The first-order chi connectivity index (χ1) is 13.1. The summed E-state index contributed by atoms with van der Waals surface area (Å²) in [7, 11) is 1.27. The van der Waals surface area contributed by atoms with Gasteiger partial charge in [0.2, 0.25) is 0 Å². The Morgan fingerprint density at radius 2 is 1.79 bits per heavy atom. The molecule has 7 heteroatoms. The maximum absolute atomic E-state index is 13.2. The van der Waals surface area contributed by atoms with Crippen molar-refractivity contribution in [3.05, 3.63) is 59.4 Å². The fraction of sp³-hybridized carbons (Fsp3) is 0.286. The SMILES string of the molecule is COC(=O)CC(C)(C)C(=O)c1cccc(NC(=O)Nc2ccc(F)cc2C)c1. The first kappa shape index (κ1) is 21.1. The summed E-state index contributed by atoms with van der Waals surface area (Å²) in [4.78, 5) is 36.5. The van der Waals surface area contributed by atoms with Crippen LogP contribution in [0.25, 0.3) is 0 Å². The third-order valence-electron chi connectivity index (χ3n) is 4.25. The van der Waals surface area contributed by atoms with E-state index in [9.17, 15) is 18.8 Å². The second-order valence-electron chi connectivity index (χ2n) is 7.09. The zero-order valence-electron chi connectivity index (χ0n) is 16.3. The number of aryl methyl sites for hydroxylation is 1. The predicted molar refractivity (Wildman–Crippen MR) is 105 cm³/mol. The minimum atomic E-state index is -0.945. The van der Waals surface area contributed by atoms with Gasteiger partial charge < -0.3 is 15.4 Å². The van der Waals surface area contributed by atoms with Crippen molar-refractivity contribution in [2.24, 2.45) is 5.41 Å². The lowest BCUT2D eigenvalue weighted by molar-refractivity contribution is -0.142. The molecule has 0 spiro atoms. The first-order valence-corrected chi connectivity index (χ1v) is 8.68. The molecule has 0 radical (unpaired) electrons. The molecular weight excluding hydrogens is 363 g/mol. The predicted octanol–water partition coefficient (Wildman–Crippen LogP) is 4.55. The van der Waals surface area contributed by atoms with Gasteiger partial charge in [-0.1, -0.05) is 26.0 Å². The van der Waals surface area contributed by atoms with Gasteiger partial charge in [-0.05, 0) is 42.8 Å². The molecule has 0 aliphatic rings. The average Bonchev–Trinajstić information content (AvgIpc) is 2.63. The molecule has 148 valence electrons. The van der Waals surface area contributed by atoms with Gasteiger partial charge in [0.05, 0.1) is 13.5 Å². The van der Waals surface area contributed by atoms with E-state index in [0.29, 0.717) is 22.5 Å². The standard InChI is InChI=1S/C21H23FN2O4/c1-13-10-15(22)8-9-17(13)24-20(27)23-16-7-5-6-14(11-16)19(26)21(2,3)12-18(25)28-4/h5-11H,12H2,1-4H3,(H2,23,24,27). The van der Waals surface area contributed by atoms with Crippen LogP contribution in [0.15, 0.2) is 42.5 Å². The van der Waals surface area contributed by atoms with Gasteiger partial charge in [0, 0.05) is 22.4 Å². The quantitative estimate of drug-likeness (QED) is 0.563. The van der Waals surface area contributed by atoms with Crippen LogP contribution in [0.4, 0.5) is 20.6 Å². The highest BCUT2D eigenvalue weighted by Crippen LogP contribution is 2.27. The topological polar surface area (TPSA) is 84.5 Å². The molecule has 2 amide bonds. The van der Waals surface area contributed by atoms with Crippen molar-refractivity contribution in [3.63, 3.8) is 0 Å². The van der Waals surface area contributed by atoms with Gasteiger partial charge >= 0.3 is 12.0 Å². The Morgan fingerprint density at radius 3 is 2.43 bits per heavy atom. The molecule has 6 nitrogen and oxygen atoms in total. The van der Waals surface area contributed by atoms with Crippen LogP contribution in [0.1, 0.15) is 36.2 Å². The summed E-state index contributed by atoms with van der Waals surface area (Å²) in [5, 5.41) is 5.28. The molecule has 0 atom stereocenters. The molecule has 28 heavy (non-hydrogen) atoms. The number of carbonyl (C=O) groups is 3. The largest absolute Gasteiger partial charge is 0.469 e. The molecule has 0 aliphatic heterocycles. The number of rotatable bonds is 6. The Morgan fingerprint density at radius 1 is 1.07 bits per heavy atom. The number of halogens is 1. The molecular formula is C21H23FN2O4. The number of carbonyl (C=O) groups excluding carboxylic acids is 3. The normalized spacial score (nSPS) is 10.9. The summed E-state index contributed by atoms with van der Waals surface area (Å²) in [6.45, 7) is 5.01. The maximum Gasteiger partial charge on any atom is 0.323 e. The van der Waals surface area contributed by atoms with Gasteiger partial charge in [-0.2, -0.15) is 0 Å². The zero-order chi connectivity index (χ0) is 20.9. The Kier molecular flexibility index (Phi) is 6.51. The number of Topliss-reactive ketones (excluding diaryl/α,β-unsaturated/α-hetero) is 1. The fourth-order valence-electron chi connectivity index (χ4n) is 2.69. The highest BCUT2D eigenvalue weighted by atomic mass is 19.1. The smallest absolute Gasteiger partial charge is 0.323 e. The van der Waals surface area contributed by atoms with E-state index < -0.39 is 17.4 Å². The Balaban J connectivity index is 2.11. The van der Waals surface area contributed by atoms with Crippen LogP contribution in [-0.2, 0) is 9.53 Å². The van der Waals surface area contributed by atoms with Crippen LogP contribution in [0, 0.1) is 18.2 Å². The lowest BCUT2D eigenvalue weighted by atomic mass is 9.81. The van der Waals surface area contributed by atoms with Gasteiger partial charge in [-0.25, -0.2) is 9.18 Å². The number of ether oxygens (including phenoxy) is 1. The highest BCUT2D eigenvalue weighted by Gasteiger charge is 2.31. The molecule has 0 unspecified atom stereocenters. The van der Waals surface area contributed by atoms with Crippen LogP contribution in [0.5, 0.6) is 0 Å². The minimum absolute atomic E-state index is 0.0513. The van der Waals surface area contributed by atoms with Gasteiger partial charge in [0.15, 0.2) is 5.78 Å². The van der Waals surface area contributed by atoms with Crippen molar-refractivity contribution in [2.75, 3.05) is 17.7 Å². The number of nitrogens with one attached hydrogen (secondary N) is 2. The summed E-state index contributed by atoms with van der Waals surface area (Å²) in [6.07, 6.45) is -0.0513. The third kappa shape index (κ3) is 5.39. The fourth-order valence-corrected chi connectivity index (χ4v) is 2.69. The van der Waals surface area contributed by atoms with Gasteiger partial charge in [-0.15, -0.1) is 0 Å². The van der Waals surface area contributed by atoms with E-state index in [1.165, 1.54) is 25.3 Å². The number of methoxy groups -OCH3 is 1. The van der Waals surface area contributed by atoms with Crippen LogP contribution in [-0.4, -0.2) is 24.9 Å². The molecule has 2 aromatic carbocycles. The van der Waals surface area contributed by atoms with Gasteiger partial charge in [-0.3, -0.25) is 9.59 Å². The van der Waals surface area contributed by atoms with Crippen LogP contribution < -0.4 is 10.6 Å². The van der Waals surface area contributed by atoms with E-state index in [1.807, 2.05) is 0 Å². The van der Waals surface area contributed by atoms with E-state index >= 15 is 0 Å². The Bertz CT molecular complexity index is 909. The monoisotopic (exact) mass is 386 g/mol. The van der Waals surface area contributed by atoms with Crippen LogP contribution >= 0.6 is 0 Å². The third-order valence-corrected chi connectivity index (χ3v) is 4.25. The number of ketones is 1.